The fraction of sp³-hybridized carbons (Fsp3) is 0.562. The van der Waals surface area contributed by atoms with E-state index >= 15 is 0 Å². The minimum Gasteiger partial charge on any atom is -0.475 e. The summed E-state index contributed by atoms with van der Waals surface area (Å²) in [7, 11) is 0. The number of hydrogen-bond acceptors (Lipinski definition) is 5. The zero-order valence-corrected chi connectivity index (χ0v) is 13.8. The molecule has 0 unspecified atom stereocenters. The Morgan fingerprint density at radius 2 is 2.13 bits per heavy atom. The van der Waals surface area contributed by atoms with Crippen molar-refractivity contribution in [2.45, 2.75) is 26.4 Å². The van der Waals surface area contributed by atoms with Crippen LogP contribution < -0.4 is 10.1 Å². The second-order valence-corrected chi connectivity index (χ2v) is 6.27. The smallest absolute Gasteiger partial charge is 0.255 e. The highest BCUT2D eigenvalue weighted by Crippen LogP contribution is 2.11. The van der Waals surface area contributed by atoms with E-state index in [0.717, 1.165) is 0 Å². The molecule has 0 bridgehead atoms. The molecule has 1 N–H and O–H groups in total. The van der Waals surface area contributed by atoms with E-state index in [4.69, 9.17) is 9.47 Å². The fourth-order valence-electron chi connectivity index (χ4n) is 2.08. The summed E-state index contributed by atoms with van der Waals surface area (Å²) in [4.78, 5) is 29.2. The molecule has 2 heterocycles. The summed E-state index contributed by atoms with van der Waals surface area (Å²) in [5, 5.41) is 2.69. The van der Waals surface area contributed by atoms with Gasteiger partial charge < -0.3 is 19.7 Å². The minimum absolute atomic E-state index is 0.0846. The number of hydrogen-bond donors (Lipinski definition) is 1. The van der Waals surface area contributed by atoms with Crippen LogP contribution in [-0.4, -0.2) is 60.1 Å². The van der Waals surface area contributed by atoms with Crippen molar-refractivity contribution in [1.29, 1.82) is 0 Å². The van der Waals surface area contributed by atoms with Crippen molar-refractivity contribution >= 4 is 11.8 Å². The lowest BCUT2D eigenvalue weighted by molar-refractivity contribution is -0.123. The Bertz CT molecular complexity index is 551. The second-order valence-electron chi connectivity index (χ2n) is 6.27. The Kier molecular flexibility index (Phi) is 5.54. The van der Waals surface area contributed by atoms with Crippen LogP contribution in [-0.2, 0) is 9.53 Å². The summed E-state index contributed by atoms with van der Waals surface area (Å²) in [5.74, 6) is 0.0989. The van der Waals surface area contributed by atoms with Gasteiger partial charge in [0.05, 0.1) is 24.3 Å². The maximum atomic E-state index is 12.3. The van der Waals surface area contributed by atoms with Crippen molar-refractivity contribution in [2.75, 3.05) is 32.8 Å². The Labute approximate surface area is 136 Å². The molecule has 1 aliphatic heterocycles. The van der Waals surface area contributed by atoms with Crippen LogP contribution in [0.2, 0.25) is 0 Å². The molecule has 0 aromatic carbocycles. The number of carbonyl (C=O) groups is 2. The normalized spacial score (nSPS) is 15.3. The maximum absolute atomic E-state index is 12.3. The largest absolute Gasteiger partial charge is 0.475 e. The molecule has 0 atom stereocenters. The van der Waals surface area contributed by atoms with Crippen LogP contribution >= 0.6 is 0 Å². The highest BCUT2D eigenvalue weighted by molar-refractivity contribution is 5.96. The van der Waals surface area contributed by atoms with Gasteiger partial charge in [-0.05, 0) is 26.8 Å². The predicted octanol–water partition coefficient (Wildman–Crippen LogP) is 0.847. The van der Waals surface area contributed by atoms with Gasteiger partial charge in [-0.25, -0.2) is 4.98 Å². The number of carbonyl (C=O) groups excluding carboxylic acids is 2. The van der Waals surface area contributed by atoms with Gasteiger partial charge in [0.2, 0.25) is 11.8 Å². The Balaban J connectivity index is 1.84. The van der Waals surface area contributed by atoms with E-state index in [1.807, 2.05) is 20.8 Å². The Hall–Kier alpha value is -2.15. The van der Waals surface area contributed by atoms with Gasteiger partial charge in [-0.2, -0.15) is 0 Å². The molecule has 0 spiro atoms. The van der Waals surface area contributed by atoms with E-state index in [0.29, 0.717) is 37.7 Å². The van der Waals surface area contributed by atoms with Crippen LogP contribution in [0.25, 0.3) is 0 Å². The topological polar surface area (TPSA) is 80.8 Å². The van der Waals surface area contributed by atoms with Gasteiger partial charge in [0.15, 0.2) is 0 Å². The van der Waals surface area contributed by atoms with E-state index in [9.17, 15) is 9.59 Å². The Morgan fingerprint density at radius 3 is 2.74 bits per heavy atom. The summed E-state index contributed by atoms with van der Waals surface area (Å²) in [6.45, 7) is 7.87. The van der Waals surface area contributed by atoms with Gasteiger partial charge in [0, 0.05) is 25.4 Å². The number of amides is 2. The highest BCUT2D eigenvalue weighted by Gasteiger charge is 2.22. The number of nitrogens with zero attached hydrogens (tertiary/aromatic N) is 2. The SMILES string of the molecule is CC(C)(C)OCCOc1ccc(C(=O)N2CCNC(=O)C2)cn1. The first kappa shape index (κ1) is 17.2. The lowest BCUT2D eigenvalue weighted by Gasteiger charge is -2.26. The van der Waals surface area contributed by atoms with Gasteiger partial charge in [0.25, 0.3) is 5.91 Å². The molecule has 7 heteroatoms. The molecule has 23 heavy (non-hydrogen) atoms. The molecule has 1 aromatic rings. The number of nitrogens with one attached hydrogen (secondary N) is 1. The van der Waals surface area contributed by atoms with Gasteiger partial charge in [0.1, 0.15) is 6.61 Å². The van der Waals surface area contributed by atoms with Crippen molar-refractivity contribution < 1.29 is 19.1 Å². The standard InChI is InChI=1S/C16H23N3O4/c1-16(2,3)23-9-8-22-14-5-4-12(10-18-14)15(21)19-7-6-17-13(20)11-19/h4-5,10H,6-9,11H2,1-3H3,(H,17,20). The summed E-state index contributed by atoms with van der Waals surface area (Å²) in [5.41, 5.74) is 0.242. The first-order valence-corrected chi connectivity index (χ1v) is 7.64. The number of piperazine rings is 1. The molecule has 1 fully saturated rings. The van der Waals surface area contributed by atoms with Crippen molar-refractivity contribution in [3.8, 4) is 5.88 Å². The van der Waals surface area contributed by atoms with Crippen LogP contribution in [0.3, 0.4) is 0 Å². The number of pyridine rings is 1. The summed E-state index contributed by atoms with van der Waals surface area (Å²) < 4.78 is 11.0. The van der Waals surface area contributed by atoms with Crippen LogP contribution in [0.5, 0.6) is 5.88 Å². The predicted molar refractivity (Wildman–Crippen MR) is 84.4 cm³/mol. The van der Waals surface area contributed by atoms with E-state index in [2.05, 4.69) is 10.3 Å². The molecule has 1 aliphatic rings. The summed E-state index contributed by atoms with van der Waals surface area (Å²) in [6.07, 6.45) is 1.47. The third kappa shape index (κ3) is 5.52. The van der Waals surface area contributed by atoms with E-state index in [1.165, 1.54) is 11.1 Å². The van der Waals surface area contributed by atoms with Crippen molar-refractivity contribution in [1.82, 2.24) is 15.2 Å². The molecule has 0 aliphatic carbocycles. The number of ether oxygens (including phenoxy) is 2. The van der Waals surface area contributed by atoms with Gasteiger partial charge in [-0.3, -0.25) is 9.59 Å². The molecular formula is C16H23N3O4. The van der Waals surface area contributed by atoms with Crippen molar-refractivity contribution in [3.05, 3.63) is 23.9 Å². The fourth-order valence-corrected chi connectivity index (χ4v) is 2.08. The molecule has 126 valence electrons. The molecule has 7 nitrogen and oxygen atoms in total. The van der Waals surface area contributed by atoms with E-state index < -0.39 is 0 Å². The third-order valence-electron chi connectivity index (χ3n) is 3.18. The highest BCUT2D eigenvalue weighted by atomic mass is 16.5. The van der Waals surface area contributed by atoms with Crippen molar-refractivity contribution in [3.63, 3.8) is 0 Å². The monoisotopic (exact) mass is 321 g/mol. The minimum atomic E-state index is -0.201. The van der Waals surface area contributed by atoms with Crippen LogP contribution in [0.4, 0.5) is 0 Å². The van der Waals surface area contributed by atoms with E-state index in [1.54, 1.807) is 12.1 Å². The third-order valence-corrected chi connectivity index (χ3v) is 3.18. The number of rotatable bonds is 5. The van der Waals surface area contributed by atoms with Crippen LogP contribution in [0.15, 0.2) is 18.3 Å². The average Bonchev–Trinajstić information content (AvgIpc) is 2.50. The molecule has 2 rings (SSSR count). The lowest BCUT2D eigenvalue weighted by Crippen LogP contribution is -2.49. The molecule has 2 amide bonds. The lowest BCUT2D eigenvalue weighted by atomic mass is 10.2. The van der Waals surface area contributed by atoms with Gasteiger partial charge in [-0.1, -0.05) is 0 Å². The zero-order valence-electron chi connectivity index (χ0n) is 13.8. The molecule has 1 aromatic heterocycles. The maximum Gasteiger partial charge on any atom is 0.255 e. The molecular weight excluding hydrogens is 298 g/mol. The first-order chi connectivity index (χ1) is 10.8. The summed E-state index contributed by atoms with van der Waals surface area (Å²) >= 11 is 0. The van der Waals surface area contributed by atoms with Crippen LogP contribution in [0.1, 0.15) is 31.1 Å². The zero-order chi connectivity index (χ0) is 16.9. The molecule has 1 saturated heterocycles. The van der Waals surface area contributed by atoms with Gasteiger partial charge in [-0.15, -0.1) is 0 Å². The van der Waals surface area contributed by atoms with E-state index in [-0.39, 0.29) is 24.0 Å². The number of aromatic nitrogens is 1. The summed E-state index contributed by atoms with van der Waals surface area (Å²) in [6, 6.07) is 3.30. The average molecular weight is 321 g/mol. The molecule has 0 saturated carbocycles. The van der Waals surface area contributed by atoms with Gasteiger partial charge >= 0.3 is 0 Å². The first-order valence-electron chi connectivity index (χ1n) is 7.64. The molecule has 0 radical (unpaired) electrons. The van der Waals surface area contributed by atoms with Crippen LogP contribution in [0, 0.1) is 0 Å². The van der Waals surface area contributed by atoms with Crippen molar-refractivity contribution in [2.24, 2.45) is 0 Å². The Morgan fingerprint density at radius 1 is 1.35 bits per heavy atom. The quantitative estimate of drug-likeness (QED) is 0.813. The second kappa shape index (κ2) is 7.41.